The summed E-state index contributed by atoms with van der Waals surface area (Å²) in [6.07, 6.45) is 9.27. The molecule has 0 amide bonds. The van der Waals surface area contributed by atoms with Crippen LogP contribution < -0.4 is 0 Å². The van der Waals surface area contributed by atoms with Crippen LogP contribution in [0, 0.1) is 12.3 Å². The van der Waals surface area contributed by atoms with Crippen molar-refractivity contribution in [1.82, 2.24) is 4.90 Å². The van der Waals surface area contributed by atoms with Crippen molar-refractivity contribution < 1.29 is 4.79 Å². The molecule has 0 spiro atoms. The molecule has 0 aliphatic carbocycles. The van der Waals surface area contributed by atoms with Crippen LogP contribution >= 0.6 is 0 Å². The van der Waals surface area contributed by atoms with Crippen LogP contribution in [-0.4, -0.2) is 23.8 Å². The molecule has 0 N–H and O–H groups in total. The zero-order chi connectivity index (χ0) is 14.1. The van der Waals surface area contributed by atoms with Gasteiger partial charge in [-0.15, -0.1) is 6.42 Å². The third-order valence-electron chi connectivity index (χ3n) is 2.81. The molecule has 100 valence electrons. The molecule has 0 aliphatic rings. The van der Waals surface area contributed by atoms with Crippen molar-refractivity contribution in [3.8, 4) is 12.3 Å². The molecular formula is C17H21NO. The smallest absolute Gasteiger partial charge is 0.154 e. The van der Waals surface area contributed by atoms with Crippen LogP contribution in [-0.2, 0) is 4.79 Å². The molecule has 1 aromatic rings. The van der Waals surface area contributed by atoms with Gasteiger partial charge in [0.1, 0.15) is 0 Å². The van der Waals surface area contributed by atoms with Crippen LogP contribution in [0.4, 0.5) is 0 Å². The zero-order valence-electron chi connectivity index (χ0n) is 11.7. The lowest BCUT2D eigenvalue weighted by molar-refractivity contribution is -0.112. The Morgan fingerprint density at radius 2 is 2.05 bits per heavy atom. The zero-order valence-corrected chi connectivity index (χ0v) is 11.7. The fourth-order valence-electron chi connectivity index (χ4n) is 1.90. The number of carbonyl (C=O) groups excluding carboxylic acids is 1. The van der Waals surface area contributed by atoms with Crippen molar-refractivity contribution in [2.45, 2.75) is 26.7 Å². The number of hydrogen-bond donors (Lipinski definition) is 0. The molecule has 0 atom stereocenters. The first-order chi connectivity index (χ1) is 9.19. The van der Waals surface area contributed by atoms with Crippen LogP contribution in [0.2, 0.25) is 0 Å². The molecule has 0 saturated carbocycles. The molecule has 0 unspecified atom stereocenters. The van der Waals surface area contributed by atoms with Crippen LogP contribution in [0.15, 0.2) is 36.4 Å². The first-order valence-electron chi connectivity index (χ1n) is 6.65. The predicted molar refractivity (Wildman–Crippen MR) is 80.4 cm³/mol. The van der Waals surface area contributed by atoms with E-state index in [2.05, 4.69) is 17.7 Å². The van der Waals surface area contributed by atoms with E-state index in [1.165, 1.54) is 0 Å². The van der Waals surface area contributed by atoms with Gasteiger partial charge < -0.3 is 4.90 Å². The summed E-state index contributed by atoms with van der Waals surface area (Å²) in [7, 11) is 0. The number of terminal acetylenes is 1. The van der Waals surface area contributed by atoms with Crippen LogP contribution in [0.3, 0.4) is 0 Å². The maximum atomic E-state index is 11.5. The largest absolute Gasteiger partial charge is 0.360 e. The van der Waals surface area contributed by atoms with E-state index in [1.54, 1.807) is 13.0 Å². The molecule has 19 heavy (non-hydrogen) atoms. The molecule has 2 heteroatoms. The Hall–Kier alpha value is -2.01. The Morgan fingerprint density at radius 1 is 1.37 bits per heavy atom. The molecule has 1 aromatic carbocycles. The molecule has 0 heterocycles. The number of rotatable bonds is 7. The van der Waals surface area contributed by atoms with Gasteiger partial charge in [-0.2, -0.15) is 0 Å². The van der Waals surface area contributed by atoms with E-state index in [4.69, 9.17) is 6.42 Å². The van der Waals surface area contributed by atoms with Gasteiger partial charge in [0.05, 0.1) is 6.54 Å². The van der Waals surface area contributed by atoms with Crippen molar-refractivity contribution in [1.29, 1.82) is 0 Å². The highest BCUT2D eigenvalue weighted by Crippen LogP contribution is 2.19. The van der Waals surface area contributed by atoms with Gasteiger partial charge in [-0.05, 0) is 18.9 Å². The first-order valence-corrected chi connectivity index (χ1v) is 6.65. The lowest BCUT2D eigenvalue weighted by Gasteiger charge is -2.25. The second-order valence-corrected chi connectivity index (χ2v) is 4.49. The third kappa shape index (κ3) is 5.01. The highest BCUT2D eigenvalue weighted by atomic mass is 16.1. The number of allylic oxidation sites excluding steroid dienone is 1. The quantitative estimate of drug-likeness (QED) is 0.550. The van der Waals surface area contributed by atoms with E-state index < -0.39 is 0 Å². The van der Waals surface area contributed by atoms with E-state index >= 15 is 0 Å². The molecule has 0 aliphatic heterocycles. The van der Waals surface area contributed by atoms with E-state index in [1.807, 2.05) is 30.3 Å². The minimum atomic E-state index is 0.0392. The third-order valence-corrected chi connectivity index (χ3v) is 2.81. The number of benzene rings is 1. The summed E-state index contributed by atoms with van der Waals surface area (Å²) in [6, 6.07) is 9.91. The fraction of sp³-hybridized carbons (Fsp3) is 0.353. The summed E-state index contributed by atoms with van der Waals surface area (Å²) >= 11 is 0. The Bertz CT molecular complexity index is 468. The van der Waals surface area contributed by atoms with E-state index in [0.717, 1.165) is 30.6 Å². The Labute approximate surface area is 116 Å². The molecule has 0 radical (unpaired) electrons. The summed E-state index contributed by atoms with van der Waals surface area (Å²) in [4.78, 5) is 13.6. The topological polar surface area (TPSA) is 20.3 Å². The van der Waals surface area contributed by atoms with Crippen molar-refractivity contribution in [2.75, 3.05) is 13.1 Å². The summed E-state index contributed by atoms with van der Waals surface area (Å²) in [6.45, 7) is 5.10. The Kier molecular flexibility index (Phi) is 6.46. The van der Waals surface area contributed by atoms with Gasteiger partial charge in [-0.25, -0.2) is 0 Å². The minimum Gasteiger partial charge on any atom is -0.360 e. The Morgan fingerprint density at radius 3 is 2.58 bits per heavy atom. The average molecular weight is 255 g/mol. The van der Waals surface area contributed by atoms with Crippen LogP contribution in [0.5, 0.6) is 0 Å². The molecular weight excluding hydrogens is 234 g/mol. The SMILES string of the molecule is C#CCN(CCCC)/C(=C/C(C)=O)c1ccccc1. The van der Waals surface area contributed by atoms with Gasteiger partial charge >= 0.3 is 0 Å². The average Bonchev–Trinajstić information content (AvgIpc) is 2.42. The monoisotopic (exact) mass is 255 g/mol. The molecule has 0 bridgehead atoms. The van der Waals surface area contributed by atoms with Crippen molar-refractivity contribution in [3.05, 3.63) is 42.0 Å². The highest BCUT2D eigenvalue weighted by molar-refractivity contribution is 5.94. The van der Waals surface area contributed by atoms with Gasteiger partial charge in [0.2, 0.25) is 0 Å². The normalized spacial score (nSPS) is 10.9. The van der Waals surface area contributed by atoms with E-state index in [0.29, 0.717) is 6.54 Å². The molecule has 1 rings (SSSR count). The minimum absolute atomic E-state index is 0.0392. The lowest BCUT2D eigenvalue weighted by Crippen LogP contribution is -2.24. The predicted octanol–water partition coefficient (Wildman–Crippen LogP) is 3.35. The summed E-state index contributed by atoms with van der Waals surface area (Å²) in [5, 5.41) is 0. The standard InChI is InChI=1S/C17H21NO/c1-4-6-13-18(12-5-2)17(14-15(3)19)16-10-8-7-9-11-16/h2,7-11,14H,4,6,12-13H2,1,3H3/b17-14+. The Balaban J connectivity index is 3.07. The van der Waals surface area contributed by atoms with Crippen molar-refractivity contribution in [2.24, 2.45) is 0 Å². The maximum Gasteiger partial charge on any atom is 0.154 e. The van der Waals surface area contributed by atoms with Crippen molar-refractivity contribution >= 4 is 11.5 Å². The van der Waals surface area contributed by atoms with Gasteiger partial charge in [0.25, 0.3) is 0 Å². The maximum absolute atomic E-state index is 11.5. The second kappa shape index (κ2) is 8.16. The second-order valence-electron chi connectivity index (χ2n) is 4.49. The number of unbranched alkanes of at least 4 members (excludes halogenated alkanes) is 1. The lowest BCUT2D eigenvalue weighted by atomic mass is 10.1. The number of ketones is 1. The highest BCUT2D eigenvalue weighted by Gasteiger charge is 2.11. The molecule has 0 saturated heterocycles. The molecule has 2 nitrogen and oxygen atoms in total. The van der Waals surface area contributed by atoms with Crippen LogP contribution in [0.25, 0.3) is 5.70 Å². The van der Waals surface area contributed by atoms with Gasteiger partial charge in [-0.1, -0.05) is 49.6 Å². The van der Waals surface area contributed by atoms with Gasteiger partial charge in [0.15, 0.2) is 5.78 Å². The number of hydrogen-bond acceptors (Lipinski definition) is 2. The first kappa shape index (κ1) is 15.0. The summed E-state index contributed by atoms with van der Waals surface area (Å²) in [5.41, 5.74) is 1.95. The number of nitrogens with zero attached hydrogens (tertiary/aromatic N) is 1. The fourth-order valence-corrected chi connectivity index (χ4v) is 1.90. The van der Waals surface area contributed by atoms with Gasteiger partial charge in [-0.3, -0.25) is 4.79 Å². The number of carbonyl (C=O) groups is 1. The molecule has 0 fully saturated rings. The van der Waals surface area contributed by atoms with Crippen molar-refractivity contribution in [3.63, 3.8) is 0 Å². The summed E-state index contributed by atoms with van der Waals surface area (Å²) in [5.74, 6) is 2.71. The van der Waals surface area contributed by atoms with Crippen LogP contribution in [0.1, 0.15) is 32.3 Å². The van der Waals surface area contributed by atoms with E-state index in [9.17, 15) is 4.79 Å². The molecule has 0 aromatic heterocycles. The van der Waals surface area contributed by atoms with E-state index in [-0.39, 0.29) is 5.78 Å². The van der Waals surface area contributed by atoms with Gasteiger partial charge in [0, 0.05) is 18.3 Å². The summed E-state index contributed by atoms with van der Waals surface area (Å²) < 4.78 is 0.